The van der Waals surface area contributed by atoms with Crippen LogP contribution in [-0.2, 0) is 11.2 Å². The van der Waals surface area contributed by atoms with Gasteiger partial charge in [0, 0.05) is 13.5 Å². The van der Waals surface area contributed by atoms with Gasteiger partial charge in [0.25, 0.3) is 0 Å². The highest BCUT2D eigenvalue weighted by Gasteiger charge is 2.22. The van der Waals surface area contributed by atoms with Crippen molar-refractivity contribution in [3.63, 3.8) is 0 Å². The summed E-state index contributed by atoms with van der Waals surface area (Å²) in [5.41, 5.74) is 5.80. The third-order valence-corrected chi connectivity index (χ3v) is 3.20. The summed E-state index contributed by atoms with van der Waals surface area (Å²) in [5.74, 6) is 2.63. The Morgan fingerprint density at radius 2 is 1.95 bits per heavy atom. The Labute approximate surface area is 115 Å². The number of hydrogen-bond acceptors (Lipinski definition) is 5. The highest BCUT2D eigenvalue weighted by Crippen LogP contribution is 2.23. The standard InChI is InChI=1S/C14H27N3O2/c1-9(2)6-11(8-15)7-12-16-14(17-19-12)13(18-5)10(3)4/h9-11,13H,6-8,15H2,1-5H3. The van der Waals surface area contributed by atoms with Crippen LogP contribution >= 0.6 is 0 Å². The zero-order valence-electron chi connectivity index (χ0n) is 12.7. The molecule has 0 aliphatic heterocycles. The van der Waals surface area contributed by atoms with Gasteiger partial charge in [-0.1, -0.05) is 32.9 Å². The maximum atomic E-state index is 5.80. The number of rotatable bonds is 8. The van der Waals surface area contributed by atoms with Crippen LogP contribution in [0.2, 0.25) is 0 Å². The van der Waals surface area contributed by atoms with Crippen LogP contribution in [0.1, 0.15) is 51.9 Å². The van der Waals surface area contributed by atoms with Crippen molar-refractivity contribution in [1.29, 1.82) is 0 Å². The summed E-state index contributed by atoms with van der Waals surface area (Å²) in [6.45, 7) is 9.19. The Morgan fingerprint density at radius 1 is 1.26 bits per heavy atom. The fraction of sp³-hybridized carbons (Fsp3) is 0.857. The molecule has 0 aliphatic carbocycles. The monoisotopic (exact) mass is 269 g/mol. The molecule has 2 N–H and O–H groups in total. The van der Waals surface area contributed by atoms with E-state index in [0.29, 0.717) is 36.0 Å². The lowest BCUT2D eigenvalue weighted by Crippen LogP contribution is -2.19. The summed E-state index contributed by atoms with van der Waals surface area (Å²) < 4.78 is 10.7. The number of nitrogens with zero attached hydrogens (tertiary/aromatic N) is 2. The topological polar surface area (TPSA) is 74.2 Å². The van der Waals surface area contributed by atoms with Crippen LogP contribution in [0.4, 0.5) is 0 Å². The fourth-order valence-corrected chi connectivity index (χ4v) is 2.32. The van der Waals surface area contributed by atoms with Crippen molar-refractivity contribution >= 4 is 0 Å². The van der Waals surface area contributed by atoms with Crippen molar-refractivity contribution in [2.75, 3.05) is 13.7 Å². The van der Waals surface area contributed by atoms with Gasteiger partial charge in [0.2, 0.25) is 11.7 Å². The van der Waals surface area contributed by atoms with Crippen molar-refractivity contribution in [3.05, 3.63) is 11.7 Å². The van der Waals surface area contributed by atoms with Gasteiger partial charge in [0.1, 0.15) is 6.10 Å². The van der Waals surface area contributed by atoms with E-state index in [4.69, 9.17) is 15.0 Å². The van der Waals surface area contributed by atoms with Gasteiger partial charge in [-0.3, -0.25) is 0 Å². The molecule has 0 radical (unpaired) electrons. The molecule has 2 unspecified atom stereocenters. The van der Waals surface area contributed by atoms with Crippen LogP contribution in [0, 0.1) is 17.8 Å². The molecule has 0 amide bonds. The second-order valence-corrected chi connectivity index (χ2v) is 5.88. The van der Waals surface area contributed by atoms with Gasteiger partial charge in [-0.2, -0.15) is 4.98 Å². The quantitative estimate of drug-likeness (QED) is 0.785. The minimum atomic E-state index is -0.112. The third-order valence-electron chi connectivity index (χ3n) is 3.20. The summed E-state index contributed by atoms with van der Waals surface area (Å²) in [5, 5.41) is 4.02. The van der Waals surface area contributed by atoms with Crippen LogP contribution in [0.25, 0.3) is 0 Å². The molecule has 5 heteroatoms. The highest BCUT2D eigenvalue weighted by molar-refractivity contribution is 4.93. The fourth-order valence-electron chi connectivity index (χ4n) is 2.32. The molecule has 0 bridgehead atoms. The Kier molecular flexibility index (Phi) is 6.45. The van der Waals surface area contributed by atoms with E-state index in [0.717, 1.165) is 12.8 Å². The summed E-state index contributed by atoms with van der Waals surface area (Å²) in [6, 6.07) is 0. The molecule has 1 heterocycles. The molecular formula is C14H27N3O2. The first-order chi connectivity index (χ1) is 8.97. The Morgan fingerprint density at radius 3 is 2.42 bits per heavy atom. The molecular weight excluding hydrogens is 242 g/mol. The summed E-state index contributed by atoms with van der Waals surface area (Å²) in [7, 11) is 1.67. The number of aromatic nitrogens is 2. The average Bonchev–Trinajstić information content (AvgIpc) is 2.76. The van der Waals surface area contributed by atoms with E-state index < -0.39 is 0 Å². The molecule has 0 saturated carbocycles. The number of hydrogen-bond donors (Lipinski definition) is 1. The molecule has 0 saturated heterocycles. The van der Waals surface area contributed by atoms with Crippen molar-refractivity contribution in [2.45, 2.75) is 46.6 Å². The predicted octanol–water partition coefficient (Wildman–Crippen LogP) is 2.58. The third kappa shape index (κ3) is 4.91. The predicted molar refractivity (Wildman–Crippen MR) is 74.6 cm³/mol. The summed E-state index contributed by atoms with van der Waals surface area (Å²) in [4.78, 5) is 4.44. The second-order valence-electron chi connectivity index (χ2n) is 5.88. The zero-order valence-corrected chi connectivity index (χ0v) is 12.7. The maximum Gasteiger partial charge on any atom is 0.227 e. The van der Waals surface area contributed by atoms with E-state index in [1.165, 1.54) is 0 Å². The largest absolute Gasteiger partial charge is 0.373 e. The second kappa shape index (κ2) is 7.60. The zero-order chi connectivity index (χ0) is 14.4. The van der Waals surface area contributed by atoms with E-state index in [1.807, 2.05) is 0 Å². The van der Waals surface area contributed by atoms with Crippen LogP contribution in [-0.4, -0.2) is 23.8 Å². The summed E-state index contributed by atoms with van der Waals surface area (Å²) >= 11 is 0. The maximum absolute atomic E-state index is 5.80. The van der Waals surface area contributed by atoms with E-state index in [-0.39, 0.29) is 6.10 Å². The van der Waals surface area contributed by atoms with Crippen molar-refractivity contribution in [1.82, 2.24) is 10.1 Å². The van der Waals surface area contributed by atoms with Gasteiger partial charge in [-0.25, -0.2) is 0 Å². The van der Waals surface area contributed by atoms with Crippen LogP contribution < -0.4 is 5.73 Å². The highest BCUT2D eigenvalue weighted by atomic mass is 16.5. The van der Waals surface area contributed by atoms with Gasteiger partial charge in [0.15, 0.2) is 0 Å². The van der Waals surface area contributed by atoms with Crippen LogP contribution in [0.3, 0.4) is 0 Å². The average molecular weight is 269 g/mol. The van der Waals surface area contributed by atoms with Gasteiger partial charge in [0.05, 0.1) is 0 Å². The van der Waals surface area contributed by atoms with E-state index >= 15 is 0 Å². The molecule has 110 valence electrons. The molecule has 0 aliphatic rings. The molecule has 5 nitrogen and oxygen atoms in total. The molecule has 0 fully saturated rings. The van der Waals surface area contributed by atoms with E-state index in [1.54, 1.807) is 7.11 Å². The van der Waals surface area contributed by atoms with Gasteiger partial charge in [-0.05, 0) is 30.7 Å². The Balaban J connectivity index is 2.68. The smallest absolute Gasteiger partial charge is 0.227 e. The lowest BCUT2D eigenvalue weighted by molar-refractivity contribution is 0.0555. The number of nitrogens with two attached hydrogens (primary N) is 1. The SMILES string of the molecule is COC(c1noc(CC(CN)CC(C)C)n1)C(C)C. The van der Waals surface area contributed by atoms with Gasteiger partial charge in [-0.15, -0.1) is 0 Å². The molecule has 0 aromatic carbocycles. The molecule has 2 atom stereocenters. The van der Waals surface area contributed by atoms with Crippen molar-refractivity contribution < 1.29 is 9.26 Å². The van der Waals surface area contributed by atoms with Crippen molar-refractivity contribution in [3.8, 4) is 0 Å². The molecule has 1 aromatic rings. The molecule has 19 heavy (non-hydrogen) atoms. The van der Waals surface area contributed by atoms with Crippen LogP contribution in [0.5, 0.6) is 0 Å². The van der Waals surface area contributed by atoms with Gasteiger partial charge < -0.3 is 15.0 Å². The minimum absolute atomic E-state index is 0.112. The van der Waals surface area contributed by atoms with Gasteiger partial charge >= 0.3 is 0 Å². The summed E-state index contributed by atoms with van der Waals surface area (Å²) in [6.07, 6.45) is 1.71. The first kappa shape index (κ1) is 16.1. The van der Waals surface area contributed by atoms with Crippen molar-refractivity contribution in [2.24, 2.45) is 23.5 Å². The number of methoxy groups -OCH3 is 1. The minimum Gasteiger partial charge on any atom is -0.373 e. The van der Waals surface area contributed by atoms with Crippen LogP contribution in [0.15, 0.2) is 4.52 Å². The Hall–Kier alpha value is -0.940. The number of ether oxygens (including phenoxy) is 1. The normalized spacial score (nSPS) is 15.2. The lowest BCUT2D eigenvalue weighted by atomic mass is 9.94. The molecule has 0 spiro atoms. The lowest BCUT2D eigenvalue weighted by Gasteiger charge is -2.15. The first-order valence-corrected chi connectivity index (χ1v) is 7.03. The van der Waals surface area contributed by atoms with E-state index in [9.17, 15) is 0 Å². The first-order valence-electron chi connectivity index (χ1n) is 7.03. The molecule has 1 aromatic heterocycles. The van der Waals surface area contributed by atoms with E-state index in [2.05, 4.69) is 37.8 Å². The molecule has 1 rings (SSSR count). The Bertz CT molecular complexity index is 363.